The summed E-state index contributed by atoms with van der Waals surface area (Å²) in [7, 11) is -4.99. The van der Waals surface area contributed by atoms with Crippen molar-refractivity contribution in [3.05, 3.63) is 58.7 Å². The van der Waals surface area contributed by atoms with Gasteiger partial charge in [-0.05, 0) is 74.2 Å². The number of rotatable bonds is 4. The quantitative estimate of drug-likeness (QED) is 0.779. The zero-order valence-corrected chi connectivity index (χ0v) is 15.3. The number of carbonyl (C=O) groups excluding carboxylic acids is 2. The van der Waals surface area contributed by atoms with Crippen LogP contribution in [0.5, 0.6) is 11.5 Å². The van der Waals surface area contributed by atoms with E-state index < -0.39 is 18.8 Å². The van der Waals surface area contributed by atoms with Crippen molar-refractivity contribution >= 4 is 18.8 Å². The lowest BCUT2D eigenvalue weighted by Crippen LogP contribution is -2.16. The third-order valence-corrected chi connectivity index (χ3v) is 4.47. The second-order valence-corrected chi connectivity index (χ2v) is 7.84. The van der Waals surface area contributed by atoms with Crippen LogP contribution in [-0.4, -0.2) is 16.3 Å². The van der Waals surface area contributed by atoms with Crippen LogP contribution in [0.15, 0.2) is 36.4 Å². The van der Waals surface area contributed by atoms with Crippen molar-refractivity contribution in [3.63, 3.8) is 0 Å². The molecule has 6 nitrogen and oxygen atoms in total. The zero-order chi connectivity index (χ0) is 18.8. The average molecular weight is 362 g/mol. The molecule has 2 aromatic rings. The van der Waals surface area contributed by atoms with Crippen LogP contribution in [0.4, 0.5) is 9.59 Å². The maximum Gasteiger partial charge on any atom is 0.411 e. The predicted octanol–water partition coefficient (Wildman–Crippen LogP) is 4.89. The minimum absolute atomic E-state index is 0.0935. The van der Waals surface area contributed by atoms with E-state index in [2.05, 4.69) is 0 Å². The Morgan fingerprint density at radius 2 is 1.00 bits per heavy atom. The molecule has 0 aliphatic carbocycles. The summed E-state index contributed by atoms with van der Waals surface area (Å²) in [4.78, 5) is 33.8. The lowest BCUT2D eigenvalue weighted by Gasteiger charge is -2.12. The molecule has 2 rings (SSSR count). The van der Waals surface area contributed by atoms with Gasteiger partial charge in [0.1, 0.15) is 11.5 Å². The number of carbonyl (C=O) groups is 2. The van der Waals surface area contributed by atoms with Gasteiger partial charge >= 0.3 is 18.8 Å². The van der Waals surface area contributed by atoms with Crippen LogP contribution in [0.3, 0.4) is 0 Å². The van der Waals surface area contributed by atoms with Crippen LogP contribution in [0.25, 0.3) is 0 Å². The molecule has 0 aliphatic heterocycles. The Bertz CT molecular complexity index is 777. The maximum atomic E-state index is 12.2. The molecule has 0 bridgehead atoms. The second-order valence-electron chi connectivity index (χ2n) is 5.96. The lowest BCUT2D eigenvalue weighted by atomic mass is 10.1. The summed E-state index contributed by atoms with van der Waals surface area (Å²) in [6.45, 7) is 7.16. The standard InChI is InChI=1S/C18H19O6P/c1-11-5-12(2)8-15(7-11)23-17(19)25(21,22)18(20)24-16-9-13(3)6-14(4)10-16/h5-10H,1-4H3,(H,21,22). The summed E-state index contributed by atoms with van der Waals surface area (Å²) in [5, 5.41) is 0. The van der Waals surface area contributed by atoms with Gasteiger partial charge in [0, 0.05) is 0 Å². The number of benzene rings is 2. The van der Waals surface area contributed by atoms with Crippen molar-refractivity contribution in [3.8, 4) is 11.5 Å². The molecule has 2 aromatic carbocycles. The molecule has 0 saturated heterocycles. The van der Waals surface area contributed by atoms with Gasteiger partial charge in [0.2, 0.25) is 0 Å². The highest BCUT2D eigenvalue weighted by Crippen LogP contribution is 2.45. The van der Waals surface area contributed by atoms with Gasteiger partial charge in [0.15, 0.2) is 0 Å². The Balaban J connectivity index is 2.16. The average Bonchev–Trinajstić information content (AvgIpc) is 2.44. The minimum atomic E-state index is -4.99. The van der Waals surface area contributed by atoms with E-state index in [1.165, 1.54) is 24.3 Å². The van der Waals surface area contributed by atoms with Crippen molar-refractivity contribution < 1.29 is 28.5 Å². The normalized spacial score (nSPS) is 11.1. The summed E-state index contributed by atoms with van der Waals surface area (Å²) in [6, 6.07) is 9.81. The molecule has 0 spiro atoms. The van der Waals surface area contributed by atoms with E-state index in [-0.39, 0.29) is 11.5 Å². The Morgan fingerprint density at radius 3 is 1.28 bits per heavy atom. The molecule has 0 amide bonds. The van der Waals surface area contributed by atoms with Crippen LogP contribution in [0.1, 0.15) is 22.3 Å². The van der Waals surface area contributed by atoms with E-state index in [4.69, 9.17) is 9.47 Å². The first-order chi connectivity index (χ1) is 11.6. The van der Waals surface area contributed by atoms with Gasteiger partial charge < -0.3 is 14.4 Å². The molecule has 0 saturated carbocycles. The van der Waals surface area contributed by atoms with E-state index in [9.17, 15) is 19.0 Å². The molecule has 0 unspecified atom stereocenters. The van der Waals surface area contributed by atoms with Crippen LogP contribution < -0.4 is 9.47 Å². The van der Waals surface area contributed by atoms with Gasteiger partial charge in [-0.25, -0.2) is 9.59 Å². The molecule has 0 aromatic heterocycles. The summed E-state index contributed by atoms with van der Waals surface area (Å²) in [5.74, 6) is 0.187. The molecule has 25 heavy (non-hydrogen) atoms. The van der Waals surface area contributed by atoms with Crippen molar-refractivity contribution in [1.29, 1.82) is 0 Å². The predicted molar refractivity (Wildman–Crippen MR) is 93.7 cm³/mol. The molecule has 0 aliphatic rings. The molecule has 0 atom stereocenters. The van der Waals surface area contributed by atoms with Crippen LogP contribution in [-0.2, 0) is 4.57 Å². The molecule has 0 fully saturated rings. The number of ether oxygens (including phenoxy) is 2. The van der Waals surface area contributed by atoms with Crippen molar-refractivity contribution in [2.75, 3.05) is 0 Å². The lowest BCUT2D eigenvalue weighted by molar-refractivity contribution is 0.210. The molecule has 1 N–H and O–H groups in total. The van der Waals surface area contributed by atoms with E-state index in [0.717, 1.165) is 22.3 Å². The SMILES string of the molecule is Cc1cc(C)cc(OC(=O)P(=O)(O)C(=O)Oc2cc(C)cc(C)c2)c1. The number of aryl methyl sites for hydroxylation is 4. The molecule has 7 heteroatoms. The fraction of sp³-hybridized carbons (Fsp3) is 0.222. The zero-order valence-electron chi connectivity index (χ0n) is 14.4. The molecular weight excluding hydrogens is 343 g/mol. The van der Waals surface area contributed by atoms with E-state index in [0.29, 0.717) is 0 Å². The largest absolute Gasteiger partial charge is 0.419 e. The summed E-state index contributed by atoms with van der Waals surface area (Å²) in [6.07, 6.45) is 0. The second kappa shape index (κ2) is 7.21. The van der Waals surface area contributed by atoms with Crippen molar-refractivity contribution in [2.24, 2.45) is 0 Å². The van der Waals surface area contributed by atoms with Crippen molar-refractivity contribution in [1.82, 2.24) is 0 Å². The first-order valence-corrected chi connectivity index (χ1v) is 9.18. The Morgan fingerprint density at radius 1 is 0.720 bits per heavy atom. The van der Waals surface area contributed by atoms with E-state index in [1.54, 1.807) is 27.7 Å². The van der Waals surface area contributed by atoms with Crippen LogP contribution in [0, 0.1) is 27.7 Å². The fourth-order valence-electron chi connectivity index (χ4n) is 2.38. The monoisotopic (exact) mass is 362 g/mol. The smallest absolute Gasteiger partial charge is 0.411 e. The van der Waals surface area contributed by atoms with Crippen LogP contribution >= 0.6 is 7.37 Å². The first-order valence-electron chi connectivity index (χ1n) is 7.52. The summed E-state index contributed by atoms with van der Waals surface area (Å²) in [5.41, 5.74) is 0.183. The maximum absolute atomic E-state index is 12.2. The molecular formula is C18H19O6P. The number of hydrogen-bond donors (Lipinski definition) is 1. The van der Waals surface area contributed by atoms with Gasteiger partial charge in [-0.2, -0.15) is 0 Å². The Hall–Kier alpha value is -2.43. The van der Waals surface area contributed by atoms with Gasteiger partial charge in [-0.1, -0.05) is 12.1 Å². The fourth-order valence-corrected chi connectivity index (χ4v) is 2.99. The minimum Gasteiger partial charge on any atom is -0.419 e. The van der Waals surface area contributed by atoms with E-state index in [1.807, 2.05) is 12.1 Å². The Labute approximate surface area is 145 Å². The number of hydrogen-bond acceptors (Lipinski definition) is 5. The molecule has 132 valence electrons. The van der Waals surface area contributed by atoms with E-state index >= 15 is 0 Å². The topological polar surface area (TPSA) is 89.9 Å². The van der Waals surface area contributed by atoms with Gasteiger partial charge in [0.25, 0.3) is 0 Å². The summed E-state index contributed by atoms with van der Waals surface area (Å²) >= 11 is 0. The summed E-state index contributed by atoms with van der Waals surface area (Å²) < 4.78 is 22.0. The third-order valence-electron chi connectivity index (χ3n) is 3.30. The highest BCUT2D eigenvalue weighted by Gasteiger charge is 2.43. The van der Waals surface area contributed by atoms with Gasteiger partial charge in [0.05, 0.1) is 0 Å². The highest BCUT2D eigenvalue weighted by atomic mass is 31.2. The third kappa shape index (κ3) is 4.78. The first kappa shape index (κ1) is 18.9. The highest BCUT2D eigenvalue weighted by molar-refractivity contribution is 7.89. The van der Waals surface area contributed by atoms with Crippen molar-refractivity contribution in [2.45, 2.75) is 27.7 Å². The van der Waals surface area contributed by atoms with Gasteiger partial charge in [-0.3, -0.25) is 4.57 Å². The molecule has 0 radical (unpaired) electrons. The van der Waals surface area contributed by atoms with Crippen LogP contribution in [0.2, 0.25) is 0 Å². The molecule has 0 heterocycles. The Kier molecular flexibility index (Phi) is 5.45. The van der Waals surface area contributed by atoms with Gasteiger partial charge in [-0.15, -0.1) is 0 Å².